The molecule has 0 amide bonds. The van der Waals surface area contributed by atoms with Crippen molar-refractivity contribution in [2.45, 2.75) is 25.6 Å². The molecule has 6 heteroatoms. The third kappa shape index (κ3) is 2.21. The second-order valence-electron chi connectivity index (χ2n) is 3.54. The van der Waals surface area contributed by atoms with Gasteiger partial charge < -0.3 is 4.57 Å². The van der Waals surface area contributed by atoms with E-state index in [1.54, 1.807) is 19.3 Å². The van der Waals surface area contributed by atoms with Crippen LogP contribution in [-0.2, 0) is 16.6 Å². The zero-order chi connectivity index (χ0) is 11.6. The molecule has 0 aliphatic rings. The topological polar surface area (TPSA) is 55.2 Å². The monoisotopic (exact) mass is 231 g/mol. The maximum Gasteiger partial charge on any atom is 0.223 e. The van der Waals surface area contributed by atoms with Crippen molar-refractivity contribution in [1.29, 1.82) is 0 Å². The number of aromatic nitrogens is 2. The molecule has 0 fully saturated rings. The van der Waals surface area contributed by atoms with Crippen LogP contribution < -0.4 is 0 Å². The van der Waals surface area contributed by atoms with Crippen LogP contribution in [0.3, 0.4) is 0 Å². The molecule has 86 valence electrons. The first-order valence-electron chi connectivity index (χ1n) is 4.83. The van der Waals surface area contributed by atoms with E-state index in [9.17, 15) is 8.42 Å². The van der Waals surface area contributed by atoms with Gasteiger partial charge in [-0.05, 0) is 13.8 Å². The highest BCUT2D eigenvalue weighted by molar-refractivity contribution is 7.89. The minimum atomic E-state index is -3.28. The van der Waals surface area contributed by atoms with E-state index in [1.165, 1.54) is 18.4 Å². The van der Waals surface area contributed by atoms with Gasteiger partial charge in [-0.15, -0.1) is 0 Å². The van der Waals surface area contributed by atoms with Crippen LogP contribution in [0.15, 0.2) is 12.4 Å². The number of imidazole rings is 1. The lowest BCUT2D eigenvalue weighted by atomic mass is 10.4. The number of aryl methyl sites for hydroxylation is 1. The molecule has 1 heterocycles. The predicted octanol–water partition coefficient (Wildman–Crippen LogP) is 0.855. The van der Waals surface area contributed by atoms with Gasteiger partial charge in [0.15, 0.2) is 0 Å². The van der Waals surface area contributed by atoms with Crippen molar-refractivity contribution in [3.05, 3.63) is 18.2 Å². The molecule has 15 heavy (non-hydrogen) atoms. The normalized spacial score (nSPS) is 14.5. The molecule has 5 nitrogen and oxygen atoms in total. The van der Waals surface area contributed by atoms with Crippen molar-refractivity contribution < 1.29 is 8.42 Å². The van der Waals surface area contributed by atoms with Crippen molar-refractivity contribution in [2.75, 3.05) is 14.1 Å². The van der Waals surface area contributed by atoms with E-state index in [0.29, 0.717) is 5.82 Å². The molecule has 0 N–H and O–H groups in total. The van der Waals surface area contributed by atoms with Crippen LogP contribution in [0.1, 0.15) is 24.9 Å². The molecular weight excluding hydrogens is 214 g/mol. The molecule has 0 aliphatic heterocycles. The molecule has 0 aromatic carbocycles. The highest BCUT2D eigenvalue weighted by Gasteiger charge is 2.28. The van der Waals surface area contributed by atoms with Crippen molar-refractivity contribution in [2.24, 2.45) is 0 Å². The van der Waals surface area contributed by atoms with Gasteiger partial charge in [-0.1, -0.05) is 0 Å². The molecule has 0 unspecified atom stereocenters. The lowest BCUT2D eigenvalue weighted by Crippen LogP contribution is -2.28. The fourth-order valence-electron chi connectivity index (χ4n) is 1.40. The zero-order valence-corrected chi connectivity index (χ0v) is 10.3. The van der Waals surface area contributed by atoms with Gasteiger partial charge in [-0.25, -0.2) is 17.7 Å². The second-order valence-corrected chi connectivity index (χ2v) is 6.01. The highest BCUT2D eigenvalue weighted by Crippen LogP contribution is 2.21. The molecule has 0 spiro atoms. The summed E-state index contributed by atoms with van der Waals surface area (Å²) >= 11 is 0. The van der Waals surface area contributed by atoms with Gasteiger partial charge in [0.05, 0.1) is 0 Å². The number of nitrogens with zero attached hydrogens (tertiary/aromatic N) is 3. The van der Waals surface area contributed by atoms with Gasteiger partial charge in [0.1, 0.15) is 11.1 Å². The maximum absolute atomic E-state index is 11.9. The summed E-state index contributed by atoms with van der Waals surface area (Å²) in [5.74, 6) is 0.589. The molecule has 1 aromatic rings. The zero-order valence-electron chi connectivity index (χ0n) is 9.51. The molecule has 0 bridgehead atoms. The summed E-state index contributed by atoms with van der Waals surface area (Å²) in [6.07, 6.45) is 3.41. The average Bonchev–Trinajstić information content (AvgIpc) is 2.63. The Labute approximate surface area is 90.8 Å². The van der Waals surface area contributed by atoms with Gasteiger partial charge in [0.25, 0.3) is 0 Å². The largest absolute Gasteiger partial charge is 0.334 e. The SMILES string of the molecule is CCn1ccnc1[C@H](C)S(=O)(=O)N(C)C. The van der Waals surface area contributed by atoms with Crippen molar-refractivity contribution in [3.63, 3.8) is 0 Å². The third-order valence-corrected chi connectivity index (χ3v) is 4.53. The summed E-state index contributed by atoms with van der Waals surface area (Å²) in [6, 6.07) is 0. The highest BCUT2D eigenvalue weighted by atomic mass is 32.2. The summed E-state index contributed by atoms with van der Waals surface area (Å²) in [7, 11) is -0.217. The fraction of sp³-hybridized carbons (Fsp3) is 0.667. The molecule has 0 radical (unpaired) electrons. The summed E-state index contributed by atoms with van der Waals surface area (Å²) < 4.78 is 26.8. The van der Waals surface area contributed by atoms with E-state index in [2.05, 4.69) is 4.98 Å². The minimum absolute atomic E-state index is 0.589. The van der Waals surface area contributed by atoms with Crippen LogP contribution in [0.2, 0.25) is 0 Å². The van der Waals surface area contributed by atoms with Gasteiger partial charge in [0, 0.05) is 33.0 Å². The summed E-state index contributed by atoms with van der Waals surface area (Å²) in [4.78, 5) is 4.09. The summed E-state index contributed by atoms with van der Waals surface area (Å²) in [5.41, 5.74) is 0. The third-order valence-electron chi connectivity index (χ3n) is 2.41. The Morgan fingerprint density at radius 2 is 2.13 bits per heavy atom. The standard InChI is InChI=1S/C9H17N3O2S/c1-5-12-7-6-10-9(12)8(2)15(13,14)11(3)4/h6-8H,5H2,1-4H3/t8-/m0/s1. The van der Waals surface area contributed by atoms with Crippen LogP contribution in [0.5, 0.6) is 0 Å². The number of rotatable bonds is 4. The fourth-order valence-corrected chi connectivity index (χ4v) is 2.49. The van der Waals surface area contributed by atoms with Crippen LogP contribution in [0.25, 0.3) is 0 Å². The molecule has 0 saturated carbocycles. The van der Waals surface area contributed by atoms with E-state index >= 15 is 0 Å². The van der Waals surface area contributed by atoms with E-state index in [4.69, 9.17) is 0 Å². The lowest BCUT2D eigenvalue weighted by Gasteiger charge is -2.18. The first-order chi connectivity index (χ1) is 6.91. The number of hydrogen-bond donors (Lipinski definition) is 0. The van der Waals surface area contributed by atoms with Crippen LogP contribution in [0, 0.1) is 0 Å². The quantitative estimate of drug-likeness (QED) is 0.772. The van der Waals surface area contributed by atoms with Crippen LogP contribution in [-0.4, -0.2) is 36.4 Å². The van der Waals surface area contributed by atoms with Crippen molar-refractivity contribution in [1.82, 2.24) is 13.9 Å². The van der Waals surface area contributed by atoms with E-state index in [1.807, 2.05) is 11.5 Å². The summed E-state index contributed by atoms with van der Waals surface area (Å²) in [5, 5.41) is -0.609. The van der Waals surface area contributed by atoms with Crippen LogP contribution in [0.4, 0.5) is 0 Å². The molecule has 1 atom stereocenters. The Morgan fingerprint density at radius 1 is 1.53 bits per heavy atom. The Morgan fingerprint density at radius 3 is 2.60 bits per heavy atom. The molecular formula is C9H17N3O2S. The molecule has 0 saturated heterocycles. The Hall–Kier alpha value is -0.880. The van der Waals surface area contributed by atoms with Crippen LogP contribution >= 0.6 is 0 Å². The molecule has 1 aromatic heterocycles. The van der Waals surface area contributed by atoms with E-state index in [-0.39, 0.29) is 0 Å². The van der Waals surface area contributed by atoms with E-state index < -0.39 is 15.3 Å². The van der Waals surface area contributed by atoms with Gasteiger partial charge >= 0.3 is 0 Å². The predicted molar refractivity (Wildman–Crippen MR) is 58.9 cm³/mol. The molecule has 0 aliphatic carbocycles. The Kier molecular flexibility index (Phi) is 3.51. The van der Waals surface area contributed by atoms with Crippen molar-refractivity contribution in [3.8, 4) is 0 Å². The maximum atomic E-state index is 11.9. The number of hydrogen-bond acceptors (Lipinski definition) is 3. The van der Waals surface area contributed by atoms with Gasteiger partial charge in [0.2, 0.25) is 10.0 Å². The minimum Gasteiger partial charge on any atom is -0.334 e. The smallest absolute Gasteiger partial charge is 0.223 e. The lowest BCUT2D eigenvalue weighted by molar-refractivity contribution is 0.504. The average molecular weight is 231 g/mol. The first kappa shape index (κ1) is 12.2. The van der Waals surface area contributed by atoms with Gasteiger partial charge in [-0.3, -0.25) is 0 Å². The number of sulfonamides is 1. The van der Waals surface area contributed by atoms with Crippen molar-refractivity contribution >= 4 is 10.0 Å². The Balaban J connectivity index is 3.10. The second kappa shape index (κ2) is 4.32. The van der Waals surface area contributed by atoms with E-state index in [0.717, 1.165) is 6.54 Å². The molecule has 1 rings (SSSR count). The Bertz CT molecular complexity index is 422. The summed E-state index contributed by atoms with van der Waals surface area (Å²) in [6.45, 7) is 4.34. The first-order valence-corrected chi connectivity index (χ1v) is 6.34. The van der Waals surface area contributed by atoms with Gasteiger partial charge in [-0.2, -0.15) is 0 Å².